The molecule has 1 saturated heterocycles. The molecule has 0 aromatic carbocycles. The lowest BCUT2D eigenvalue weighted by Gasteiger charge is -2.35. The highest BCUT2D eigenvalue weighted by molar-refractivity contribution is 5.70. The van der Waals surface area contributed by atoms with Gasteiger partial charge in [-0.05, 0) is 47.0 Å². The number of carbonyl (C=O) groups excluding carboxylic acids is 2. The van der Waals surface area contributed by atoms with Crippen LogP contribution >= 0.6 is 0 Å². The fourth-order valence-electron chi connectivity index (χ4n) is 2.78. The molecular formula is C16H29NO4. The highest BCUT2D eigenvalue weighted by Crippen LogP contribution is 2.37. The van der Waals surface area contributed by atoms with Crippen LogP contribution < -0.4 is 0 Å². The van der Waals surface area contributed by atoms with Crippen molar-refractivity contribution in [1.29, 1.82) is 0 Å². The second-order valence-electron chi connectivity index (χ2n) is 7.55. The molecule has 0 radical (unpaired) electrons. The number of hydrogen-bond acceptors (Lipinski definition) is 4. The van der Waals surface area contributed by atoms with E-state index in [0.29, 0.717) is 12.3 Å². The maximum atomic E-state index is 12.6. The van der Waals surface area contributed by atoms with E-state index in [4.69, 9.17) is 9.47 Å². The maximum absolute atomic E-state index is 12.6. The number of amides is 1. The van der Waals surface area contributed by atoms with E-state index >= 15 is 0 Å². The van der Waals surface area contributed by atoms with E-state index in [-0.39, 0.29) is 18.2 Å². The van der Waals surface area contributed by atoms with Gasteiger partial charge in [0.05, 0.1) is 12.1 Å². The number of rotatable bonds is 4. The normalized spacial score (nSPS) is 25.2. The Morgan fingerprint density at radius 2 is 1.95 bits per heavy atom. The zero-order valence-electron chi connectivity index (χ0n) is 14.3. The van der Waals surface area contributed by atoms with Gasteiger partial charge in [-0.3, -0.25) is 4.90 Å². The summed E-state index contributed by atoms with van der Waals surface area (Å²) in [6.07, 6.45) is 1.27. The minimum Gasteiger partial charge on any atom is -0.444 e. The lowest BCUT2D eigenvalue weighted by molar-refractivity contribution is -0.112. The van der Waals surface area contributed by atoms with Crippen molar-refractivity contribution >= 4 is 12.4 Å². The zero-order chi connectivity index (χ0) is 16.4. The van der Waals surface area contributed by atoms with Crippen molar-refractivity contribution in [1.82, 2.24) is 4.90 Å². The van der Waals surface area contributed by atoms with Gasteiger partial charge in [0, 0.05) is 6.42 Å². The third kappa shape index (κ3) is 4.70. The molecule has 5 heteroatoms. The van der Waals surface area contributed by atoms with Crippen LogP contribution in [0.15, 0.2) is 0 Å². The fraction of sp³-hybridized carbons (Fsp3) is 0.875. The van der Waals surface area contributed by atoms with Crippen molar-refractivity contribution < 1.29 is 19.1 Å². The average molecular weight is 299 g/mol. The van der Waals surface area contributed by atoms with Gasteiger partial charge in [0.15, 0.2) is 0 Å². The van der Waals surface area contributed by atoms with E-state index in [0.717, 1.165) is 12.7 Å². The molecule has 0 saturated carbocycles. The van der Waals surface area contributed by atoms with Crippen molar-refractivity contribution in [2.45, 2.75) is 84.8 Å². The predicted octanol–water partition coefficient (Wildman–Crippen LogP) is 3.36. The standard InChI is InChI=1S/C16H29NO4/c1-11(2)10-12-13(8-9-18)20-16(6,7)17(12)14(19)21-15(3,4)5/h9,11-13H,8,10H2,1-7H3/t12-,13-/m0/s1. The maximum Gasteiger partial charge on any atom is 0.412 e. The smallest absolute Gasteiger partial charge is 0.412 e. The minimum atomic E-state index is -0.768. The molecule has 0 unspecified atom stereocenters. The third-order valence-corrected chi connectivity index (χ3v) is 3.41. The van der Waals surface area contributed by atoms with Crippen LogP contribution in [0, 0.1) is 5.92 Å². The van der Waals surface area contributed by atoms with Crippen molar-refractivity contribution in [3.8, 4) is 0 Å². The molecular weight excluding hydrogens is 270 g/mol. The summed E-state index contributed by atoms with van der Waals surface area (Å²) in [6, 6.07) is -0.139. The summed E-state index contributed by atoms with van der Waals surface area (Å²) >= 11 is 0. The molecule has 1 aliphatic rings. The van der Waals surface area contributed by atoms with E-state index in [2.05, 4.69) is 13.8 Å². The summed E-state index contributed by atoms with van der Waals surface area (Å²) in [5.41, 5.74) is -1.33. The quantitative estimate of drug-likeness (QED) is 0.747. The summed E-state index contributed by atoms with van der Waals surface area (Å²) in [7, 11) is 0. The summed E-state index contributed by atoms with van der Waals surface area (Å²) in [5.74, 6) is 0.395. The Bertz CT molecular complexity index is 384. The molecule has 0 aromatic rings. The van der Waals surface area contributed by atoms with Crippen LogP contribution in [0.3, 0.4) is 0 Å². The Balaban J connectivity index is 3.03. The van der Waals surface area contributed by atoms with Crippen LogP contribution in [0.1, 0.15) is 61.3 Å². The van der Waals surface area contributed by atoms with E-state index in [1.165, 1.54) is 0 Å². The van der Waals surface area contributed by atoms with Crippen LogP contribution in [0.25, 0.3) is 0 Å². The number of aldehydes is 1. The lowest BCUT2D eigenvalue weighted by Crippen LogP contribution is -2.50. The van der Waals surface area contributed by atoms with Crippen molar-refractivity contribution in [3.63, 3.8) is 0 Å². The Hall–Kier alpha value is -1.10. The molecule has 1 amide bonds. The molecule has 2 atom stereocenters. The van der Waals surface area contributed by atoms with Gasteiger partial charge in [-0.25, -0.2) is 4.79 Å². The van der Waals surface area contributed by atoms with Gasteiger partial charge in [-0.15, -0.1) is 0 Å². The Labute approximate surface area is 128 Å². The monoisotopic (exact) mass is 299 g/mol. The van der Waals surface area contributed by atoms with Crippen LogP contribution in [0.2, 0.25) is 0 Å². The summed E-state index contributed by atoms with van der Waals surface area (Å²) in [5, 5.41) is 0. The van der Waals surface area contributed by atoms with E-state index in [9.17, 15) is 9.59 Å². The molecule has 21 heavy (non-hydrogen) atoms. The highest BCUT2D eigenvalue weighted by Gasteiger charge is 2.50. The van der Waals surface area contributed by atoms with Crippen LogP contribution in [0.5, 0.6) is 0 Å². The fourth-order valence-corrected chi connectivity index (χ4v) is 2.78. The first-order valence-corrected chi connectivity index (χ1v) is 7.61. The molecule has 0 spiro atoms. The summed E-state index contributed by atoms with van der Waals surface area (Å²) in [4.78, 5) is 25.1. The van der Waals surface area contributed by atoms with E-state index in [1.807, 2.05) is 34.6 Å². The number of ether oxygens (including phenoxy) is 2. The average Bonchev–Trinajstić information content (AvgIpc) is 2.46. The minimum absolute atomic E-state index is 0.139. The second-order valence-corrected chi connectivity index (χ2v) is 7.55. The molecule has 5 nitrogen and oxygen atoms in total. The van der Waals surface area contributed by atoms with Crippen molar-refractivity contribution in [3.05, 3.63) is 0 Å². The van der Waals surface area contributed by atoms with Gasteiger partial charge in [-0.2, -0.15) is 0 Å². The topological polar surface area (TPSA) is 55.8 Å². The highest BCUT2D eigenvalue weighted by atomic mass is 16.6. The van der Waals surface area contributed by atoms with Crippen LogP contribution in [-0.2, 0) is 14.3 Å². The van der Waals surface area contributed by atoms with Crippen molar-refractivity contribution in [2.24, 2.45) is 5.92 Å². The number of hydrogen-bond donors (Lipinski definition) is 0. The van der Waals surface area contributed by atoms with Crippen molar-refractivity contribution in [2.75, 3.05) is 0 Å². The first-order chi connectivity index (χ1) is 9.48. The Morgan fingerprint density at radius 1 is 1.38 bits per heavy atom. The van der Waals surface area contributed by atoms with Gasteiger partial charge in [0.2, 0.25) is 0 Å². The molecule has 122 valence electrons. The van der Waals surface area contributed by atoms with Gasteiger partial charge >= 0.3 is 6.09 Å². The molecule has 0 aromatic heterocycles. The second kappa shape index (κ2) is 6.34. The molecule has 1 fully saturated rings. The molecule has 0 aliphatic carbocycles. The van der Waals surface area contributed by atoms with E-state index in [1.54, 1.807) is 4.90 Å². The first kappa shape index (κ1) is 18.0. The summed E-state index contributed by atoms with van der Waals surface area (Å²) in [6.45, 7) is 13.4. The van der Waals surface area contributed by atoms with Gasteiger partial charge in [0.1, 0.15) is 17.6 Å². The molecule has 1 aliphatic heterocycles. The van der Waals surface area contributed by atoms with Gasteiger partial charge < -0.3 is 14.3 Å². The number of carbonyl (C=O) groups is 2. The summed E-state index contributed by atoms with van der Waals surface area (Å²) < 4.78 is 11.5. The predicted molar refractivity (Wildman–Crippen MR) is 80.9 cm³/mol. The van der Waals surface area contributed by atoms with E-state index < -0.39 is 11.3 Å². The Morgan fingerprint density at radius 3 is 2.38 bits per heavy atom. The molecule has 0 bridgehead atoms. The van der Waals surface area contributed by atoms with Crippen LogP contribution in [0.4, 0.5) is 4.79 Å². The Kier molecular flexibility index (Phi) is 5.42. The largest absolute Gasteiger partial charge is 0.444 e. The lowest BCUT2D eigenvalue weighted by atomic mass is 9.97. The molecule has 1 rings (SSSR count). The SMILES string of the molecule is CC(C)C[C@H]1[C@H](CC=O)OC(C)(C)N1C(=O)OC(C)(C)C. The molecule has 1 heterocycles. The first-order valence-electron chi connectivity index (χ1n) is 7.61. The van der Waals surface area contributed by atoms with Gasteiger partial charge in [0.25, 0.3) is 0 Å². The third-order valence-electron chi connectivity index (χ3n) is 3.41. The zero-order valence-corrected chi connectivity index (χ0v) is 14.3. The van der Waals surface area contributed by atoms with Gasteiger partial charge in [-0.1, -0.05) is 13.8 Å². The molecule has 0 N–H and O–H groups in total. The number of nitrogens with zero attached hydrogens (tertiary/aromatic N) is 1. The van der Waals surface area contributed by atoms with Crippen LogP contribution in [-0.4, -0.2) is 40.8 Å².